The number of nitrogens with two attached hydrogens (primary N) is 2. The van der Waals surface area contributed by atoms with Crippen LogP contribution in [0, 0.1) is 40.4 Å². The Morgan fingerprint density at radius 1 is 1.17 bits per heavy atom. The molecule has 0 radical (unpaired) electrons. The summed E-state index contributed by atoms with van der Waals surface area (Å²) in [5.74, 6) is 1.51. The number of carboxylic acid groups (broad SMARTS) is 1. The fraction of sp³-hybridized carbons (Fsp3) is 0.950. The fourth-order valence-corrected chi connectivity index (χ4v) is 7.01. The van der Waals surface area contributed by atoms with Crippen LogP contribution in [0.2, 0.25) is 0 Å². The number of fused-ring (bicyclic) bond motifs is 3. The minimum Gasteiger partial charge on any atom is -0.481 e. The van der Waals surface area contributed by atoms with Gasteiger partial charge in [0.1, 0.15) is 0 Å². The van der Waals surface area contributed by atoms with Gasteiger partial charge < -0.3 is 16.6 Å². The Bertz CT molecular complexity index is 508. The molecule has 0 saturated heterocycles. The van der Waals surface area contributed by atoms with E-state index in [0.29, 0.717) is 23.7 Å². The molecule has 4 heteroatoms. The van der Waals surface area contributed by atoms with E-state index in [1.54, 1.807) is 0 Å². The second kappa shape index (κ2) is 5.98. The highest BCUT2D eigenvalue weighted by molar-refractivity contribution is 5.75. The van der Waals surface area contributed by atoms with Gasteiger partial charge in [0.15, 0.2) is 0 Å². The molecule has 3 fully saturated rings. The van der Waals surface area contributed by atoms with E-state index in [0.717, 1.165) is 32.1 Å². The summed E-state index contributed by atoms with van der Waals surface area (Å²) in [5, 5.41) is 9.93. The molecular formula is C20H36N2O2. The number of carbonyl (C=O) groups is 1. The van der Waals surface area contributed by atoms with Gasteiger partial charge in [-0.1, -0.05) is 27.2 Å². The summed E-state index contributed by atoms with van der Waals surface area (Å²) in [6.07, 6.45) is 6.08. The minimum absolute atomic E-state index is 0.0430. The third-order valence-electron chi connectivity index (χ3n) is 8.39. The second-order valence-electron chi connectivity index (χ2n) is 9.78. The van der Waals surface area contributed by atoms with Crippen molar-refractivity contribution in [1.29, 1.82) is 0 Å². The van der Waals surface area contributed by atoms with E-state index in [4.69, 9.17) is 11.5 Å². The highest BCUT2D eigenvalue weighted by Crippen LogP contribution is 2.64. The van der Waals surface area contributed by atoms with Crippen molar-refractivity contribution in [1.82, 2.24) is 0 Å². The van der Waals surface area contributed by atoms with Gasteiger partial charge in [-0.3, -0.25) is 4.79 Å². The van der Waals surface area contributed by atoms with E-state index in [9.17, 15) is 9.90 Å². The van der Waals surface area contributed by atoms with Gasteiger partial charge in [-0.2, -0.15) is 0 Å². The van der Waals surface area contributed by atoms with Crippen molar-refractivity contribution in [2.24, 2.45) is 51.9 Å². The SMILES string of the molecule is CC(C)C1CCC2C(C(N)CC3C(C)(C(=O)O)CCCC23C)C1N. The summed E-state index contributed by atoms with van der Waals surface area (Å²) in [5.41, 5.74) is 12.8. The molecule has 3 saturated carbocycles. The molecule has 0 heterocycles. The van der Waals surface area contributed by atoms with Gasteiger partial charge in [-0.15, -0.1) is 0 Å². The van der Waals surface area contributed by atoms with Gasteiger partial charge in [0.25, 0.3) is 0 Å². The molecule has 0 aromatic carbocycles. The monoisotopic (exact) mass is 336 g/mol. The summed E-state index contributed by atoms with van der Waals surface area (Å²) >= 11 is 0. The van der Waals surface area contributed by atoms with Crippen LogP contribution in [-0.4, -0.2) is 23.2 Å². The number of hydrogen-bond donors (Lipinski definition) is 3. The van der Waals surface area contributed by atoms with E-state index in [2.05, 4.69) is 20.8 Å². The van der Waals surface area contributed by atoms with Crippen molar-refractivity contribution >= 4 is 5.97 Å². The number of rotatable bonds is 2. The first-order valence-electron chi connectivity index (χ1n) is 9.87. The predicted molar refractivity (Wildman–Crippen MR) is 96.3 cm³/mol. The van der Waals surface area contributed by atoms with Crippen LogP contribution in [0.5, 0.6) is 0 Å². The lowest BCUT2D eigenvalue weighted by Gasteiger charge is -2.63. The molecule has 138 valence electrons. The topological polar surface area (TPSA) is 89.3 Å². The Morgan fingerprint density at radius 2 is 1.83 bits per heavy atom. The van der Waals surface area contributed by atoms with Crippen molar-refractivity contribution in [3.8, 4) is 0 Å². The Morgan fingerprint density at radius 3 is 2.42 bits per heavy atom. The molecular weight excluding hydrogens is 300 g/mol. The van der Waals surface area contributed by atoms with Crippen LogP contribution < -0.4 is 11.5 Å². The normalized spacial score (nSPS) is 51.8. The molecule has 24 heavy (non-hydrogen) atoms. The van der Waals surface area contributed by atoms with Gasteiger partial charge in [-0.25, -0.2) is 0 Å². The molecule has 0 aromatic heterocycles. The first kappa shape index (κ1) is 18.2. The summed E-state index contributed by atoms with van der Waals surface area (Å²) < 4.78 is 0. The largest absolute Gasteiger partial charge is 0.481 e. The highest BCUT2D eigenvalue weighted by atomic mass is 16.4. The Hall–Kier alpha value is -0.610. The van der Waals surface area contributed by atoms with Crippen LogP contribution in [0.1, 0.15) is 66.2 Å². The van der Waals surface area contributed by atoms with Crippen molar-refractivity contribution < 1.29 is 9.90 Å². The van der Waals surface area contributed by atoms with Crippen LogP contribution in [0.3, 0.4) is 0 Å². The van der Waals surface area contributed by atoms with Crippen molar-refractivity contribution in [2.75, 3.05) is 0 Å². The minimum atomic E-state index is -0.635. The Kier molecular flexibility index (Phi) is 4.53. The van der Waals surface area contributed by atoms with Gasteiger partial charge in [-0.05, 0) is 74.0 Å². The summed E-state index contributed by atoms with van der Waals surface area (Å²) in [4.78, 5) is 12.1. The fourth-order valence-electron chi connectivity index (χ4n) is 7.01. The maximum absolute atomic E-state index is 12.1. The molecule has 3 rings (SSSR count). The quantitative estimate of drug-likeness (QED) is 0.722. The maximum atomic E-state index is 12.1. The van der Waals surface area contributed by atoms with Crippen LogP contribution >= 0.6 is 0 Å². The zero-order chi connectivity index (χ0) is 17.9. The molecule has 8 unspecified atom stereocenters. The first-order chi connectivity index (χ1) is 11.1. The van der Waals surface area contributed by atoms with E-state index in [1.165, 1.54) is 6.42 Å². The molecule has 4 nitrogen and oxygen atoms in total. The van der Waals surface area contributed by atoms with E-state index in [-0.39, 0.29) is 23.4 Å². The second-order valence-corrected chi connectivity index (χ2v) is 9.78. The van der Waals surface area contributed by atoms with E-state index < -0.39 is 11.4 Å². The summed E-state index contributed by atoms with van der Waals surface area (Å²) in [7, 11) is 0. The standard InChI is InChI=1S/C20H36N2O2/c1-11(2)12-6-7-13-16(17(12)22)14(21)10-15-19(13,3)8-5-9-20(15,4)18(23)24/h11-17H,5-10,21-22H2,1-4H3,(H,23,24). The van der Waals surface area contributed by atoms with Crippen LogP contribution in [0.25, 0.3) is 0 Å². The third-order valence-corrected chi connectivity index (χ3v) is 8.39. The lowest BCUT2D eigenvalue weighted by Crippen LogP contribution is -2.65. The third kappa shape index (κ3) is 2.44. The van der Waals surface area contributed by atoms with Gasteiger partial charge in [0.05, 0.1) is 5.41 Å². The average Bonchev–Trinajstić information content (AvgIpc) is 2.49. The molecule has 0 bridgehead atoms. The zero-order valence-corrected chi connectivity index (χ0v) is 15.8. The summed E-state index contributed by atoms with van der Waals surface area (Å²) in [6, 6.07) is 0.205. The molecule has 0 aromatic rings. The molecule has 0 aliphatic heterocycles. The van der Waals surface area contributed by atoms with Crippen molar-refractivity contribution in [3.63, 3.8) is 0 Å². The van der Waals surface area contributed by atoms with Gasteiger partial charge in [0.2, 0.25) is 0 Å². The van der Waals surface area contributed by atoms with Crippen LogP contribution in [0.15, 0.2) is 0 Å². The van der Waals surface area contributed by atoms with Crippen molar-refractivity contribution in [2.45, 2.75) is 78.3 Å². The molecule has 0 spiro atoms. The zero-order valence-electron chi connectivity index (χ0n) is 15.8. The summed E-state index contributed by atoms with van der Waals surface area (Å²) in [6.45, 7) is 8.85. The first-order valence-corrected chi connectivity index (χ1v) is 9.87. The Labute approximate surface area is 146 Å². The van der Waals surface area contributed by atoms with E-state index in [1.807, 2.05) is 6.92 Å². The molecule has 8 atom stereocenters. The van der Waals surface area contributed by atoms with Crippen molar-refractivity contribution in [3.05, 3.63) is 0 Å². The lowest BCUT2D eigenvalue weighted by molar-refractivity contribution is -0.176. The average molecular weight is 337 g/mol. The Balaban J connectivity index is 1.97. The highest BCUT2D eigenvalue weighted by Gasteiger charge is 2.62. The van der Waals surface area contributed by atoms with E-state index >= 15 is 0 Å². The predicted octanol–water partition coefficient (Wildman–Crippen LogP) is 3.24. The maximum Gasteiger partial charge on any atom is 0.309 e. The number of carboxylic acids is 1. The van der Waals surface area contributed by atoms with Crippen LogP contribution in [0.4, 0.5) is 0 Å². The molecule has 3 aliphatic rings. The number of hydrogen-bond acceptors (Lipinski definition) is 3. The van der Waals surface area contributed by atoms with Crippen LogP contribution in [-0.2, 0) is 4.79 Å². The number of aliphatic carboxylic acids is 1. The van der Waals surface area contributed by atoms with Gasteiger partial charge >= 0.3 is 5.97 Å². The molecule has 5 N–H and O–H groups in total. The van der Waals surface area contributed by atoms with Gasteiger partial charge in [0, 0.05) is 12.1 Å². The lowest BCUT2D eigenvalue weighted by atomic mass is 9.42. The molecule has 0 amide bonds. The molecule has 3 aliphatic carbocycles. The smallest absolute Gasteiger partial charge is 0.309 e.